The van der Waals surface area contributed by atoms with Crippen molar-refractivity contribution in [2.75, 3.05) is 31.3 Å². The van der Waals surface area contributed by atoms with Gasteiger partial charge in [-0.3, -0.25) is 9.10 Å². The number of sulfonamides is 1. The van der Waals surface area contributed by atoms with Gasteiger partial charge in [-0.2, -0.15) is 0 Å². The lowest BCUT2D eigenvalue weighted by Crippen LogP contribution is -2.39. The summed E-state index contributed by atoms with van der Waals surface area (Å²) in [5.74, 6) is 0.573. The molecule has 0 aliphatic rings. The Bertz CT molecular complexity index is 1410. The molecule has 0 unspecified atom stereocenters. The summed E-state index contributed by atoms with van der Waals surface area (Å²) in [6, 6.07) is 21.6. The summed E-state index contributed by atoms with van der Waals surface area (Å²) in [4.78, 5) is 26.4. The first-order chi connectivity index (χ1) is 19.0. The van der Waals surface area contributed by atoms with Gasteiger partial charge in [-0.15, -0.1) is 0 Å². The molecule has 0 saturated heterocycles. The van der Waals surface area contributed by atoms with Crippen LogP contribution in [-0.2, 0) is 43.7 Å². The number of esters is 1. The lowest BCUT2D eigenvalue weighted by molar-refractivity contribution is -0.142. The molecule has 10 heteroatoms. The van der Waals surface area contributed by atoms with Gasteiger partial charge in [-0.1, -0.05) is 42.5 Å². The standard InChI is InChI=1S/C30H36N2O7S/c1-6-38-29(33)19-24-13-10-14-27(18-24)39-28-16-15-26(31(3)40(5,35)36)20-25(28)21-32(30(34)37-4)22(2)17-23-11-8-7-9-12-23/h7-16,18,20,22H,6,17,19,21H2,1-5H3/t22-/m0/s1. The molecule has 0 heterocycles. The maximum atomic E-state index is 12.9. The van der Waals surface area contributed by atoms with E-state index in [4.69, 9.17) is 14.2 Å². The summed E-state index contributed by atoms with van der Waals surface area (Å²) >= 11 is 0. The van der Waals surface area contributed by atoms with E-state index in [0.717, 1.165) is 21.7 Å². The zero-order valence-electron chi connectivity index (χ0n) is 23.5. The first-order valence-corrected chi connectivity index (χ1v) is 14.7. The van der Waals surface area contributed by atoms with Crippen LogP contribution in [0, 0.1) is 0 Å². The predicted molar refractivity (Wildman–Crippen MR) is 154 cm³/mol. The molecule has 1 amide bonds. The molecular weight excluding hydrogens is 532 g/mol. The maximum absolute atomic E-state index is 12.9. The van der Waals surface area contributed by atoms with Gasteiger partial charge in [0.25, 0.3) is 0 Å². The molecule has 0 aliphatic heterocycles. The average Bonchev–Trinajstić information content (AvgIpc) is 2.92. The zero-order valence-corrected chi connectivity index (χ0v) is 24.3. The lowest BCUT2D eigenvalue weighted by atomic mass is 10.0. The Morgan fingerprint density at radius 2 is 1.65 bits per heavy atom. The van der Waals surface area contributed by atoms with Crippen LogP contribution >= 0.6 is 0 Å². The fourth-order valence-electron chi connectivity index (χ4n) is 4.17. The fourth-order valence-corrected chi connectivity index (χ4v) is 4.66. The van der Waals surface area contributed by atoms with Crippen LogP contribution in [0.15, 0.2) is 72.8 Å². The lowest BCUT2D eigenvalue weighted by Gasteiger charge is -2.29. The second kappa shape index (κ2) is 13.8. The first kappa shape index (κ1) is 30.5. The molecule has 0 N–H and O–H groups in total. The van der Waals surface area contributed by atoms with Crippen molar-refractivity contribution >= 4 is 27.8 Å². The van der Waals surface area contributed by atoms with E-state index in [1.54, 1.807) is 54.3 Å². The highest BCUT2D eigenvalue weighted by Crippen LogP contribution is 2.32. The summed E-state index contributed by atoms with van der Waals surface area (Å²) in [6.45, 7) is 4.08. The minimum atomic E-state index is -3.53. The second-order valence-electron chi connectivity index (χ2n) is 9.39. The van der Waals surface area contributed by atoms with Crippen LogP contribution in [0.5, 0.6) is 11.5 Å². The number of amides is 1. The van der Waals surface area contributed by atoms with E-state index in [2.05, 4.69) is 0 Å². The van der Waals surface area contributed by atoms with Crippen molar-refractivity contribution in [3.63, 3.8) is 0 Å². The number of ether oxygens (including phenoxy) is 3. The molecule has 0 spiro atoms. The number of benzene rings is 3. The molecule has 9 nitrogen and oxygen atoms in total. The second-order valence-corrected chi connectivity index (χ2v) is 11.4. The van der Waals surface area contributed by atoms with E-state index in [9.17, 15) is 18.0 Å². The molecule has 0 bridgehead atoms. The van der Waals surface area contributed by atoms with E-state index >= 15 is 0 Å². The third-order valence-electron chi connectivity index (χ3n) is 6.34. The number of carbonyl (C=O) groups is 2. The minimum Gasteiger partial charge on any atom is -0.466 e. The summed E-state index contributed by atoms with van der Waals surface area (Å²) in [7, 11) is -0.743. The average molecular weight is 569 g/mol. The Balaban J connectivity index is 1.98. The van der Waals surface area contributed by atoms with Gasteiger partial charge in [-0.05, 0) is 61.7 Å². The van der Waals surface area contributed by atoms with Crippen LogP contribution in [0.1, 0.15) is 30.5 Å². The van der Waals surface area contributed by atoms with Gasteiger partial charge in [0, 0.05) is 18.7 Å². The van der Waals surface area contributed by atoms with Crippen molar-refractivity contribution in [2.24, 2.45) is 0 Å². The van der Waals surface area contributed by atoms with Crippen LogP contribution in [0.25, 0.3) is 0 Å². The number of carbonyl (C=O) groups excluding carboxylic acids is 2. The molecule has 3 rings (SSSR count). The molecule has 0 aromatic heterocycles. The predicted octanol–water partition coefficient (Wildman–Crippen LogP) is 5.18. The molecule has 214 valence electrons. The summed E-state index contributed by atoms with van der Waals surface area (Å²) in [5.41, 5.74) is 2.78. The van der Waals surface area contributed by atoms with E-state index in [1.807, 2.05) is 37.3 Å². The van der Waals surface area contributed by atoms with Crippen molar-refractivity contribution in [2.45, 2.75) is 39.3 Å². The van der Waals surface area contributed by atoms with Crippen LogP contribution in [0.4, 0.5) is 10.5 Å². The molecule has 0 radical (unpaired) electrons. The Morgan fingerprint density at radius 1 is 0.950 bits per heavy atom. The molecule has 40 heavy (non-hydrogen) atoms. The number of hydrogen-bond donors (Lipinski definition) is 0. The summed E-state index contributed by atoms with van der Waals surface area (Å²) in [5, 5.41) is 0. The first-order valence-electron chi connectivity index (χ1n) is 12.9. The highest BCUT2D eigenvalue weighted by Gasteiger charge is 2.24. The van der Waals surface area contributed by atoms with Crippen LogP contribution in [-0.4, -0.2) is 58.4 Å². The minimum absolute atomic E-state index is 0.100. The van der Waals surface area contributed by atoms with Gasteiger partial charge in [0.2, 0.25) is 10.0 Å². The van der Waals surface area contributed by atoms with Crippen LogP contribution in [0.3, 0.4) is 0 Å². The number of hydrogen-bond acceptors (Lipinski definition) is 7. The summed E-state index contributed by atoms with van der Waals surface area (Å²) in [6.07, 6.45) is 1.29. The normalized spacial score (nSPS) is 11.8. The molecule has 1 atom stereocenters. The van der Waals surface area contributed by atoms with Crippen molar-refractivity contribution in [3.8, 4) is 11.5 Å². The van der Waals surface area contributed by atoms with Crippen molar-refractivity contribution < 1.29 is 32.2 Å². The molecule has 3 aromatic rings. The molecule has 3 aromatic carbocycles. The Labute approximate surface area is 236 Å². The van der Waals surface area contributed by atoms with E-state index in [0.29, 0.717) is 35.8 Å². The smallest absolute Gasteiger partial charge is 0.410 e. The van der Waals surface area contributed by atoms with Gasteiger partial charge >= 0.3 is 12.1 Å². The zero-order chi connectivity index (χ0) is 29.3. The number of rotatable bonds is 12. The van der Waals surface area contributed by atoms with Gasteiger partial charge in [-0.25, -0.2) is 13.2 Å². The monoisotopic (exact) mass is 568 g/mol. The van der Waals surface area contributed by atoms with Gasteiger partial charge < -0.3 is 19.1 Å². The van der Waals surface area contributed by atoms with E-state index in [-0.39, 0.29) is 25.0 Å². The molecular formula is C30H36N2O7S. The molecule has 0 aliphatic carbocycles. The Morgan fingerprint density at radius 3 is 2.30 bits per heavy atom. The van der Waals surface area contributed by atoms with Crippen molar-refractivity contribution in [3.05, 3.63) is 89.5 Å². The van der Waals surface area contributed by atoms with Crippen molar-refractivity contribution in [1.82, 2.24) is 4.90 Å². The number of anilines is 1. The van der Waals surface area contributed by atoms with Crippen molar-refractivity contribution in [1.29, 1.82) is 0 Å². The van der Waals surface area contributed by atoms with Gasteiger partial charge in [0.05, 0.1) is 38.6 Å². The highest BCUT2D eigenvalue weighted by atomic mass is 32.2. The topological polar surface area (TPSA) is 102 Å². The summed E-state index contributed by atoms with van der Waals surface area (Å²) < 4.78 is 42.0. The molecule has 0 fully saturated rings. The fraction of sp³-hybridized carbons (Fsp3) is 0.333. The highest BCUT2D eigenvalue weighted by molar-refractivity contribution is 7.92. The number of nitrogens with zero attached hydrogens (tertiary/aromatic N) is 2. The maximum Gasteiger partial charge on any atom is 0.410 e. The van der Waals surface area contributed by atoms with Gasteiger partial charge in [0.1, 0.15) is 11.5 Å². The largest absolute Gasteiger partial charge is 0.466 e. The quantitative estimate of drug-likeness (QED) is 0.278. The third kappa shape index (κ3) is 8.47. The Kier molecular flexibility index (Phi) is 10.6. The Hall–Kier alpha value is -4.05. The third-order valence-corrected chi connectivity index (χ3v) is 7.55. The molecule has 0 saturated carbocycles. The van der Waals surface area contributed by atoms with Crippen LogP contribution in [0.2, 0.25) is 0 Å². The van der Waals surface area contributed by atoms with E-state index < -0.39 is 16.1 Å². The number of methoxy groups -OCH3 is 1. The van der Waals surface area contributed by atoms with Gasteiger partial charge in [0.15, 0.2) is 0 Å². The SMILES string of the molecule is CCOC(=O)Cc1cccc(Oc2ccc(N(C)S(C)(=O)=O)cc2CN(C(=O)OC)[C@@H](C)Cc2ccccc2)c1. The van der Waals surface area contributed by atoms with E-state index in [1.165, 1.54) is 14.2 Å². The van der Waals surface area contributed by atoms with Crippen LogP contribution < -0.4 is 9.04 Å².